The van der Waals surface area contributed by atoms with Crippen LogP contribution in [0.4, 0.5) is 0 Å². The maximum Gasteiger partial charge on any atom is -0.0414 e. The Morgan fingerprint density at radius 1 is 0.636 bits per heavy atom. The molecule has 2 fully saturated rings. The van der Waals surface area contributed by atoms with Gasteiger partial charge in [0.25, 0.3) is 0 Å². The fourth-order valence-electron chi connectivity index (χ4n) is 2.55. The highest BCUT2D eigenvalue weighted by Crippen LogP contribution is 2.35. The smallest absolute Gasteiger partial charge is 0.0414 e. The van der Waals surface area contributed by atoms with E-state index < -0.39 is 0 Å². The quantitative estimate of drug-likeness (QED) is 0.577. The van der Waals surface area contributed by atoms with Crippen molar-refractivity contribution in [3.63, 3.8) is 0 Å². The van der Waals surface area contributed by atoms with E-state index in [9.17, 15) is 0 Å². The van der Waals surface area contributed by atoms with Crippen LogP contribution in [0, 0.1) is 11.8 Å². The first-order valence-electron chi connectivity index (χ1n) is 5.45. The van der Waals surface area contributed by atoms with Crippen LogP contribution >= 0.6 is 0 Å². The molecule has 0 saturated heterocycles. The minimum Gasteiger partial charge on any atom is -0.0530 e. The van der Waals surface area contributed by atoms with Crippen molar-refractivity contribution in [2.24, 2.45) is 11.8 Å². The van der Waals surface area contributed by atoms with Gasteiger partial charge < -0.3 is 0 Å². The van der Waals surface area contributed by atoms with Gasteiger partial charge in [-0.25, -0.2) is 0 Å². The van der Waals surface area contributed by atoms with Crippen LogP contribution in [0.1, 0.15) is 57.8 Å². The number of rotatable bonds is 3. The highest BCUT2D eigenvalue weighted by atomic mass is 14.3. The zero-order chi connectivity index (χ0) is 7.52. The first-order chi connectivity index (χ1) is 5.45. The molecule has 0 atom stereocenters. The normalized spacial score (nSPS) is 27.3. The molecule has 2 saturated carbocycles. The molecule has 0 aliphatic heterocycles. The molecule has 0 amide bonds. The summed E-state index contributed by atoms with van der Waals surface area (Å²) < 4.78 is 0. The van der Waals surface area contributed by atoms with Gasteiger partial charge in [0.2, 0.25) is 0 Å². The highest BCUT2D eigenvalue weighted by molar-refractivity contribution is 4.73. The molecule has 0 bridgehead atoms. The van der Waals surface area contributed by atoms with Gasteiger partial charge in [0.05, 0.1) is 0 Å². The summed E-state index contributed by atoms with van der Waals surface area (Å²) in [5.41, 5.74) is 0. The molecule has 0 heterocycles. The number of hydrogen-bond donors (Lipinski definition) is 0. The monoisotopic (exact) mass is 152 g/mol. The molecule has 0 radical (unpaired) electrons. The van der Waals surface area contributed by atoms with Crippen molar-refractivity contribution in [3.8, 4) is 0 Å². The van der Waals surface area contributed by atoms with E-state index in [2.05, 4.69) is 0 Å². The third-order valence-corrected chi connectivity index (χ3v) is 3.68. The van der Waals surface area contributed by atoms with Crippen molar-refractivity contribution >= 4 is 0 Å². The van der Waals surface area contributed by atoms with Crippen molar-refractivity contribution in [1.82, 2.24) is 0 Å². The summed E-state index contributed by atoms with van der Waals surface area (Å²) >= 11 is 0. The Morgan fingerprint density at radius 3 is 1.45 bits per heavy atom. The minimum atomic E-state index is 1.13. The summed E-state index contributed by atoms with van der Waals surface area (Å²) in [6.45, 7) is 0. The maximum absolute atomic E-state index is 1.56. The summed E-state index contributed by atoms with van der Waals surface area (Å²) in [4.78, 5) is 0. The second-order valence-electron chi connectivity index (χ2n) is 4.52. The molecule has 0 aromatic rings. The summed E-state index contributed by atoms with van der Waals surface area (Å²) in [5, 5.41) is 0. The van der Waals surface area contributed by atoms with Crippen molar-refractivity contribution in [1.29, 1.82) is 0 Å². The summed E-state index contributed by atoms with van der Waals surface area (Å²) in [6.07, 6.45) is 13.9. The van der Waals surface area contributed by atoms with E-state index in [-0.39, 0.29) is 0 Å². The lowest BCUT2D eigenvalue weighted by Gasteiger charge is -2.26. The molecule has 0 aromatic carbocycles. The molecule has 0 spiro atoms. The van der Waals surface area contributed by atoms with Crippen LogP contribution in [0.3, 0.4) is 0 Å². The van der Waals surface area contributed by atoms with Crippen LogP contribution < -0.4 is 0 Å². The molecule has 0 nitrogen and oxygen atoms in total. The van der Waals surface area contributed by atoms with Gasteiger partial charge >= 0.3 is 0 Å². The van der Waals surface area contributed by atoms with Gasteiger partial charge in [0, 0.05) is 0 Å². The van der Waals surface area contributed by atoms with E-state index in [1.54, 1.807) is 38.5 Å². The highest BCUT2D eigenvalue weighted by Gasteiger charge is 2.20. The third kappa shape index (κ3) is 1.98. The molecule has 0 aromatic heterocycles. The van der Waals surface area contributed by atoms with Crippen molar-refractivity contribution in [2.75, 3.05) is 0 Å². The summed E-state index contributed by atoms with van der Waals surface area (Å²) in [7, 11) is 0. The Morgan fingerprint density at radius 2 is 1.09 bits per heavy atom. The van der Waals surface area contributed by atoms with Crippen LogP contribution in [0.2, 0.25) is 0 Å². The van der Waals surface area contributed by atoms with Crippen LogP contribution in [-0.4, -0.2) is 0 Å². The van der Waals surface area contributed by atoms with Gasteiger partial charge in [-0.1, -0.05) is 57.8 Å². The van der Waals surface area contributed by atoms with Gasteiger partial charge in [0.15, 0.2) is 0 Å². The molecular weight excluding hydrogens is 132 g/mol. The van der Waals surface area contributed by atoms with Crippen molar-refractivity contribution in [2.45, 2.75) is 57.8 Å². The second-order valence-corrected chi connectivity index (χ2v) is 4.52. The predicted molar refractivity (Wildman–Crippen MR) is 48.5 cm³/mol. The van der Waals surface area contributed by atoms with Crippen LogP contribution in [0.25, 0.3) is 0 Å². The second kappa shape index (κ2) is 3.60. The van der Waals surface area contributed by atoms with Gasteiger partial charge in [-0.05, 0) is 11.8 Å². The van der Waals surface area contributed by atoms with Gasteiger partial charge in [-0.3, -0.25) is 0 Å². The Kier molecular flexibility index (Phi) is 2.50. The van der Waals surface area contributed by atoms with Gasteiger partial charge in [-0.15, -0.1) is 0 Å². The Balaban J connectivity index is 1.57. The SMILES string of the molecule is C1CCC(CCC2CCC2)C1. The number of hydrogen-bond acceptors (Lipinski definition) is 0. The third-order valence-electron chi connectivity index (χ3n) is 3.68. The maximum atomic E-state index is 1.56. The zero-order valence-corrected chi connectivity index (χ0v) is 7.52. The first-order valence-corrected chi connectivity index (χ1v) is 5.45. The van der Waals surface area contributed by atoms with Crippen molar-refractivity contribution in [3.05, 3.63) is 0 Å². The molecule has 2 aliphatic rings. The van der Waals surface area contributed by atoms with Crippen LogP contribution in [-0.2, 0) is 0 Å². The summed E-state index contributed by atoms with van der Waals surface area (Å²) in [5.74, 6) is 2.28. The zero-order valence-electron chi connectivity index (χ0n) is 7.52. The van der Waals surface area contributed by atoms with Gasteiger partial charge in [-0.2, -0.15) is 0 Å². The molecule has 64 valence electrons. The minimum absolute atomic E-state index is 1.13. The lowest BCUT2D eigenvalue weighted by atomic mass is 9.80. The predicted octanol–water partition coefficient (Wildman–Crippen LogP) is 3.76. The fourth-order valence-corrected chi connectivity index (χ4v) is 2.55. The molecule has 0 unspecified atom stereocenters. The fraction of sp³-hybridized carbons (Fsp3) is 1.00. The topological polar surface area (TPSA) is 0 Å². The Hall–Kier alpha value is 0. The van der Waals surface area contributed by atoms with E-state index in [0.29, 0.717) is 0 Å². The average Bonchev–Trinajstić information content (AvgIpc) is 2.36. The first kappa shape index (κ1) is 7.64. The van der Waals surface area contributed by atoms with E-state index in [4.69, 9.17) is 0 Å². The summed E-state index contributed by atoms with van der Waals surface area (Å²) in [6, 6.07) is 0. The van der Waals surface area contributed by atoms with E-state index in [0.717, 1.165) is 11.8 Å². The molecule has 2 aliphatic carbocycles. The molecule has 11 heavy (non-hydrogen) atoms. The standard InChI is InChI=1S/C11H20/c1-2-5-10(4-1)8-9-11-6-3-7-11/h10-11H,1-9H2. The molecular formula is C11H20. The van der Waals surface area contributed by atoms with Gasteiger partial charge in [0.1, 0.15) is 0 Å². The largest absolute Gasteiger partial charge is 0.0530 e. The van der Waals surface area contributed by atoms with E-state index in [1.165, 1.54) is 19.3 Å². The van der Waals surface area contributed by atoms with E-state index >= 15 is 0 Å². The molecule has 0 N–H and O–H groups in total. The lowest BCUT2D eigenvalue weighted by molar-refractivity contribution is 0.270. The van der Waals surface area contributed by atoms with Crippen LogP contribution in [0.5, 0.6) is 0 Å². The lowest BCUT2D eigenvalue weighted by Crippen LogP contribution is -2.11. The Bertz CT molecular complexity index is 107. The van der Waals surface area contributed by atoms with Crippen LogP contribution in [0.15, 0.2) is 0 Å². The average molecular weight is 152 g/mol. The molecule has 0 heteroatoms. The Labute approximate surface area is 70.4 Å². The van der Waals surface area contributed by atoms with Crippen molar-refractivity contribution < 1.29 is 0 Å². The van der Waals surface area contributed by atoms with E-state index in [1.807, 2.05) is 0 Å². The molecule has 2 rings (SSSR count).